The molecular formula is C13H20FN3. The Labute approximate surface area is 102 Å². The van der Waals surface area contributed by atoms with Gasteiger partial charge in [-0.15, -0.1) is 0 Å². The lowest BCUT2D eigenvalue weighted by Gasteiger charge is -2.15. The third-order valence-electron chi connectivity index (χ3n) is 3.18. The van der Waals surface area contributed by atoms with Gasteiger partial charge in [-0.2, -0.15) is 0 Å². The first kappa shape index (κ1) is 12.2. The van der Waals surface area contributed by atoms with Crippen LogP contribution in [-0.4, -0.2) is 31.1 Å². The van der Waals surface area contributed by atoms with Crippen LogP contribution in [0, 0.1) is 5.82 Å². The van der Waals surface area contributed by atoms with E-state index in [0.717, 1.165) is 19.5 Å². The number of nitrogens with one attached hydrogen (secondary N) is 1. The zero-order valence-corrected chi connectivity index (χ0v) is 10.1. The van der Waals surface area contributed by atoms with Crippen LogP contribution in [-0.2, 0) is 0 Å². The van der Waals surface area contributed by atoms with Gasteiger partial charge >= 0.3 is 0 Å². The summed E-state index contributed by atoms with van der Waals surface area (Å²) in [6.45, 7) is 4.40. The van der Waals surface area contributed by atoms with Crippen LogP contribution in [0.1, 0.15) is 19.3 Å². The Hall–Kier alpha value is -1.29. The molecular weight excluding hydrogens is 217 g/mol. The zero-order chi connectivity index (χ0) is 12.1. The average Bonchev–Trinajstić information content (AvgIpc) is 2.82. The highest BCUT2D eigenvalue weighted by Gasteiger charge is 2.10. The predicted octanol–water partition coefficient (Wildman–Crippen LogP) is 2.31. The molecule has 17 heavy (non-hydrogen) atoms. The molecule has 1 saturated heterocycles. The molecule has 0 aromatic heterocycles. The van der Waals surface area contributed by atoms with Crippen LogP contribution in [0.5, 0.6) is 0 Å². The van der Waals surface area contributed by atoms with Crippen molar-refractivity contribution in [1.82, 2.24) is 4.90 Å². The van der Waals surface area contributed by atoms with E-state index in [2.05, 4.69) is 10.2 Å². The molecule has 0 spiro atoms. The highest BCUT2D eigenvalue weighted by molar-refractivity contribution is 5.65. The van der Waals surface area contributed by atoms with Crippen LogP contribution in [0.4, 0.5) is 15.8 Å². The fourth-order valence-electron chi connectivity index (χ4n) is 2.21. The standard InChI is InChI=1S/C13H20FN3/c14-11-4-5-12(15)13(10-11)16-6-3-9-17-7-1-2-8-17/h4-5,10,16H,1-3,6-9,15H2. The number of nitrogens with two attached hydrogens (primary N) is 1. The molecule has 1 heterocycles. The van der Waals surface area contributed by atoms with Crippen molar-refractivity contribution in [3.63, 3.8) is 0 Å². The molecule has 4 heteroatoms. The van der Waals surface area contributed by atoms with E-state index in [9.17, 15) is 4.39 Å². The third-order valence-corrected chi connectivity index (χ3v) is 3.18. The second kappa shape index (κ2) is 5.87. The molecule has 94 valence electrons. The van der Waals surface area contributed by atoms with E-state index in [1.54, 1.807) is 6.07 Å². The molecule has 1 aliphatic heterocycles. The molecule has 1 aromatic carbocycles. The first-order valence-electron chi connectivity index (χ1n) is 6.27. The number of halogens is 1. The maximum Gasteiger partial charge on any atom is 0.125 e. The lowest BCUT2D eigenvalue weighted by atomic mass is 10.2. The Bertz CT molecular complexity index is 362. The molecule has 2 rings (SSSR count). The van der Waals surface area contributed by atoms with E-state index in [1.807, 2.05) is 0 Å². The molecule has 0 radical (unpaired) electrons. The molecule has 0 unspecified atom stereocenters. The first-order chi connectivity index (χ1) is 8.25. The molecule has 1 aromatic rings. The Balaban J connectivity index is 1.72. The minimum Gasteiger partial charge on any atom is -0.397 e. The Morgan fingerprint density at radius 1 is 1.29 bits per heavy atom. The van der Waals surface area contributed by atoms with Crippen LogP contribution in [0.25, 0.3) is 0 Å². The number of benzene rings is 1. The van der Waals surface area contributed by atoms with E-state index >= 15 is 0 Å². The van der Waals surface area contributed by atoms with Crippen LogP contribution >= 0.6 is 0 Å². The maximum absolute atomic E-state index is 13.0. The summed E-state index contributed by atoms with van der Waals surface area (Å²) >= 11 is 0. The van der Waals surface area contributed by atoms with Crippen molar-refractivity contribution in [3.05, 3.63) is 24.0 Å². The number of hydrogen-bond donors (Lipinski definition) is 2. The van der Waals surface area contributed by atoms with Crippen molar-refractivity contribution in [2.24, 2.45) is 0 Å². The fraction of sp³-hybridized carbons (Fsp3) is 0.538. The Morgan fingerprint density at radius 3 is 2.82 bits per heavy atom. The summed E-state index contributed by atoms with van der Waals surface area (Å²) in [6.07, 6.45) is 3.71. The molecule has 0 amide bonds. The van der Waals surface area contributed by atoms with Crippen LogP contribution in [0.2, 0.25) is 0 Å². The Kier molecular flexibility index (Phi) is 4.20. The lowest BCUT2D eigenvalue weighted by molar-refractivity contribution is 0.337. The van der Waals surface area contributed by atoms with Gasteiger partial charge in [0.1, 0.15) is 5.82 Å². The van der Waals surface area contributed by atoms with Gasteiger partial charge in [0.05, 0.1) is 11.4 Å². The number of rotatable bonds is 5. The Morgan fingerprint density at radius 2 is 2.06 bits per heavy atom. The van der Waals surface area contributed by atoms with Gasteiger partial charge in [0.25, 0.3) is 0 Å². The van der Waals surface area contributed by atoms with Crippen LogP contribution in [0.15, 0.2) is 18.2 Å². The minimum atomic E-state index is -0.249. The summed E-state index contributed by atoms with van der Waals surface area (Å²) in [4.78, 5) is 2.47. The summed E-state index contributed by atoms with van der Waals surface area (Å²) in [7, 11) is 0. The zero-order valence-electron chi connectivity index (χ0n) is 10.1. The van der Waals surface area contributed by atoms with Crippen molar-refractivity contribution >= 4 is 11.4 Å². The largest absolute Gasteiger partial charge is 0.397 e. The van der Waals surface area contributed by atoms with Crippen molar-refractivity contribution in [3.8, 4) is 0 Å². The van der Waals surface area contributed by atoms with E-state index < -0.39 is 0 Å². The van der Waals surface area contributed by atoms with Crippen molar-refractivity contribution < 1.29 is 4.39 Å². The maximum atomic E-state index is 13.0. The second-order valence-corrected chi connectivity index (χ2v) is 4.56. The summed E-state index contributed by atoms with van der Waals surface area (Å²) < 4.78 is 13.0. The highest BCUT2D eigenvalue weighted by atomic mass is 19.1. The molecule has 0 saturated carbocycles. The average molecular weight is 237 g/mol. The summed E-state index contributed by atoms with van der Waals surface area (Å²) in [5.74, 6) is -0.249. The SMILES string of the molecule is Nc1ccc(F)cc1NCCCN1CCCC1. The van der Waals surface area contributed by atoms with Gasteiger partial charge in [-0.3, -0.25) is 0 Å². The quantitative estimate of drug-likeness (QED) is 0.610. The third kappa shape index (κ3) is 3.60. The van der Waals surface area contributed by atoms with Crippen molar-refractivity contribution in [2.75, 3.05) is 37.2 Å². The van der Waals surface area contributed by atoms with Gasteiger partial charge in [-0.05, 0) is 57.1 Å². The number of hydrogen-bond acceptors (Lipinski definition) is 3. The van der Waals surface area contributed by atoms with Gasteiger partial charge in [-0.1, -0.05) is 0 Å². The normalized spacial score (nSPS) is 16.3. The van der Waals surface area contributed by atoms with Crippen molar-refractivity contribution in [1.29, 1.82) is 0 Å². The van der Waals surface area contributed by atoms with E-state index in [1.165, 1.54) is 38.1 Å². The van der Waals surface area contributed by atoms with E-state index in [0.29, 0.717) is 11.4 Å². The fourth-order valence-corrected chi connectivity index (χ4v) is 2.21. The summed E-state index contributed by atoms with van der Waals surface area (Å²) in [5.41, 5.74) is 7.06. The van der Waals surface area contributed by atoms with Gasteiger partial charge in [-0.25, -0.2) is 4.39 Å². The molecule has 0 aliphatic carbocycles. The van der Waals surface area contributed by atoms with Crippen LogP contribution in [0.3, 0.4) is 0 Å². The molecule has 1 aliphatic rings. The van der Waals surface area contributed by atoms with Crippen LogP contribution < -0.4 is 11.1 Å². The number of anilines is 2. The summed E-state index contributed by atoms with van der Waals surface area (Å²) in [5, 5.41) is 3.19. The van der Waals surface area contributed by atoms with Crippen molar-refractivity contribution in [2.45, 2.75) is 19.3 Å². The second-order valence-electron chi connectivity index (χ2n) is 4.56. The van der Waals surface area contributed by atoms with Gasteiger partial charge in [0.2, 0.25) is 0 Å². The first-order valence-corrected chi connectivity index (χ1v) is 6.27. The smallest absolute Gasteiger partial charge is 0.125 e. The van der Waals surface area contributed by atoms with Gasteiger partial charge in [0.15, 0.2) is 0 Å². The monoisotopic (exact) mass is 237 g/mol. The molecule has 1 fully saturated rings. The topological polar surface area (TPSA) is 41.3 Å². The number of likely N-dealkylation sites (tertiary alicyclic amines) is 1. The molecule has 0 bridgehead atoms. The van der Waals surface area contributed by atoms with E-state index in [4.69, 9.17) is 5.73 Å². The van der Waals surface area contributed by atoms with E-state index in [-0.39, 0.29) is 5.82 Å². The van der Waals surface area contributed by atoms with Gasteiger partial charge < -0.3 is 16.0 Å². The molecule has 3 nitrogen and oxygen atoms in total. The predicted molar refractivity (Wildman–Crippen MR) is 69.6 cm³/mol. The highest BCUT2D eigenvalue weighted by Crippen LogP contribution is 2.19. The summed E-state index contributed by atoms with van der Waals surface area (Å²) in [6, 6.07) is 4.42. The number of nitrogens with zero attached hydrogens (tertiary/aromatic N) is 1. The lowest BCUT2D eigenvalue weighted by Crippen LogP contribution is -2.22. The molecule has 0 atom stereocenters. The number of nitrogen functional groups attached to an aromatic ring is 1. The minimum absolute atomic E-state index is 0.249. The molecule has 3 N–H and O–H groups in total. The van der Waals surface area contributed by atoms with Gasteiger partial charge in [0, 0.05) is 6.54 Å².